The fourth-order valence-electron chi connectivity index (χ4n) is 2.13. The van der Waals surface area contributed by atoms with Gasteiger partial charge in [0.15, 0.2) is 5.34 Å². The molecule has 0 spiro atoms. The number of aromatic hydroxyl groups is 1. The van der Waals surface area contributed by atoms with Crippen molar-refractivity contribution < 1.29 is 9.94 Å². The molecule has 0 aromatic heterocycles. The summed E-state index contributed by atoms with van der Waals surface area (Å²) < 4.78 is 0. The smallest absolute Gasteiger partial charge is 0.155 e. The molecule has 1 atom stereocenters. The minimum Gasteiger partial charge on any atom is -0.508 e. The third-order valence-electron chi connectivity index (χ3n) is 3.27. The van der Waals surface area contributed by atoms with Crippen molar-refractivity contribution >= 4 is 0 Å². The number of benzene rings is 1. The summed E-state index contributed by atoms with van der Waals surface area (Å²) in [5.74, 6) is 0.398. The predicted octanol–water partition coefficient (Wildman–Crippen LogP) is 4.36. The SMILES string of the molecule is CC(CCCCCCCc1ccccc1O)ON=O. The van der Waals surface area contributed by atoms with E-state index in [1.54, 1.807) is 6.07 Å². The molecule has 0 saturated carbocycles. The van der Waals surface area contributed by atoms with Gasteiger partial charge in [-0.15, -0.1) is 4.91 Å². The number of phenolic OH excluding ortho intramolecular Hbond substituents is 1. The van der Waals surface area contributed by atoms with E-state index in [2.05, 4.69) is 10.2 Å². The van der Waals surface area contributed by atoms with Crippen LogP contribution in [0.2, 0.25) is 0 Å². The minimum atomic E-state index is -0.0706. The second-order valence-corrected chi connectivity index (χ2v) is 4.93. The average Bonchev–Trinajstić information content (AvgIpc) is 2.40. The lowest BCUT2D eigenvalue weighted by atomic mass is 10.0. The Morgan fingerprint density at radius 2 is 1.84 bits per heavy atom. The van der Waals surface area contributed by atoms with Crippen LogP contribution in [-0.4, -0.2) is 11.2 Å². The molecule has 4 nitrogen and oxygen atoms in total. The molecular weight excluding hydrogens is 242 g/mol. The Balaban J connectivity index is 2.00. The monoisotopic (exact) mass is 265 g/mol. The van der Waals surface area contributed by atoms with E-state index in [1.165, 1.54) is 6.42 Å². The van der Waals surface area contributed by atoms with Crippen molar-refractivity contribution in [3.05, 3.63) is 34.7 Å². The molecule has 0 radical (unpaired) electrons. The number of aryl methyl sites for hydroxylation is 1. The van der Waals surface area contributed by atoms with Crippen molar-refractivity contribution in [3.63, 3.8) is 0 Å². The number of hydrogen-bond acceptors (Lipinski definition) is 4. The van der Waals surface area contributed by atoms with Gasteiger partial charge in [0.25, 0.3) is 0 Å². The molecule has 0 aliphatic heterocycles. The summed E-state index contributed by atoms with van der Waals surface area (Å²) in [6.45, 7) is 1.86. The van der Waals surface area contributed by atoms with Crippen LogP contribution in [0.1, 0.15) is 51.0 Å². The molecule has 0 bridgehead atoms. The minimum absolute atomic E-state index is 0.0706. The summed E-state index contributed by atoms with van der Waals surface area (Å²) in [6.07, 6.45) is 7.38. The first-order chi connectivity index (χ1) is 9.24. The van der Waals surface area contributed by atoms with Crippen molar-refractivity contribution in [2.45, 2.75) is 58.0 Å². The summed E-state index contributed by atoms with van der Waals surface area (Å²) in [6, 6.07) is 7.51. The van der Waals surface area contributed by atoms with Crippen LogP contribution in [0.5, 0.6) is 5.75 Å². The Morgan fingerprint density at radius 1 is 1.16 bits per heavy atom. The molecule has 0 saturated heterocycles. The lowest BCUT2D eigenvalue weighted by molar-refractivity contribution is 0.0607. The molecule has 19 heavy (non-hydrogen) atoms. The summed E-state index contributed by atoms with van der Waals surface area (Å²) in [5, 5.41) is 12.0. The van der Waals surface area contributed by atoms with E-state index in [1.807, 2.05) is 25.1 Å². The summed E-state index contributed by atoms with van der Waals surface area (Å²) in [7, 11) is 0. The first-order valence-electron chi connectivity index (χ1n) is 6.99. The van der Waals surface area contributed by atoms with Crippen LogP contribution in [0.15, 0.2) is 29.6 Å². The van der Waals surface area contributed by atoms with Gasteiger partial charge in [0.05, 0.1) is 0 Å². The van der Waals surface area contributed by atoms with Gasteiger partial charge < -0.3 is 9.94 Å². The topological polar surface area (TPSA) is 58.9 Å². The highest BCUT2D eigenvalue weighted by Crippen LogP contribution is 2.19. The zero-order valence-electron chi connectivity index (χ0n) is 11.5. The molecule has 0 heterocycles. The van der Waals surface area contributed by atoms with E-state index in [9.17, 15) is 10.0 Å². The van der Waals surface area contributed by atoms with Gasteiger partial charge in [-0.3, -0.25) is 0 Å². The maximum absolute atomic E-state index is 9.86. The van der Waals surface area contributed by atoms with Crippen LogP contribution in [0.3, 0.4) is 0 Å². The van der Waals surface area contributed by atoms with Gasteiger partial charge >= 0.3 is 0 Å². The lowest BCUT2D eigenvalue weighted by Crippen LogP contribution is -2.02. The molecular formula is C15H23NO3. The largest absolute Gasteiger partial charge is 0.508 e. The van der Waals surface area contributed by atoms with Gasteiger partial charge in [-0.2, -0.15) is 0 Å². The molecule has 1 unspecified atom stereocenters. The van der Waals surface area contributed by atoms with Crippen LogP contribution < -0.4 is 0 Å². The maximum Gasteiger partial charge on any atom is 0.155 e. The molecule has 0 aliphatic carbocycles. The fraction of sp³-hybridized carbons (Fsp3) is 0.600. The highest BCUT2D eigenvalue weighted by atomic mass is 16.7. The number of rotatable bonds is 10. The van der Waals surface area contributed by atoms with Crippen LogP contribution in [0.25, 0.3) is 0 Å². The molecule has 106 valence electrons. The van der Waals surface area contributed by atoms with E-state index >= 15 is 0 Å². The Labute approximate surface area is 114 Å². The van der Waals surface area contributed by atoms with E-state index in [4.69, 9.17) is 0 Å². The van der Waals surface area contributed by atoms with Crippen molar-refractivity contribution in [2.24, 2.45) is 5.34 Å². The Kier molecular flexibility index (Phi) is 7.63. The molecule has 0 amide bonds. The number of phenols is 1. The molecule has 1 N–H and O–H groups in total. The van der Waals surface area contributed by atoms with Gasteiger partial charge in [0.1, 0.15) is 11.9 Å². The number of unbranched alkanes of at least 4 members (excludes halogenated alkanes) is 4. The first-order valence-corrected chi connectivity index (χ1v) is 6.99. The third-order valence-corrected chi connectivity index (χ3v) is 3.27. The quantitative estimate of drug-likeness (QED) is 0.388. The fourth-order valence-corrected chi connectivity index (χ4v) is 2.13. The van der Waals surface area contributed by atoms with Crippen LogP contribution in [-0.2, 0) is 11.3 Å². The van der Waals surface area contributed by atoms with Crippen LogP contribution in [0.4, 0.5) is 0 Å². The first kappa shape index (κ1) is 15.5. The maximum atomic E-state index is 9.86. The number of para-hydroxylation sites is 1. The van der Waals surface area contributed by atoms with Gasteiger partial charge in [0, 0.05) is 0 Å². The van der Waals surface area contributed by atoms with Gasteiger partial charge in [-0.05, 0) is 44.2 Å². The Morgan fingerprint density at radius 3 is 2.58 bits per heavy atom. The van der Waals surface area contributed by atoms with Gasteiger partial charge in [-0.25, -0.2) is 0 Å². The lowest BCUT2D eigenvalue weighted by Gasteiger charge is -2.07. The summed E-state index contributed by atoms with van der Waals surface area (Å²) in [4.78, 5) is 14.4. The summed E-state index contributed by atoms with van der Waals surface area (Å²) in [5.41, 5.74) is 1.03. The third kappa shape index (κ3) is 6.79. The number of nitrogens with zero attached hydrogens (tertiary/aromatic N) is 1. The van der Waals surface area contributed by atoms with Crippen molar-refractivity contribution in [1.82, 2.24) is 0 Å². The van der Waals surface area contributed by atoms with E-state index in [0.29, 0.717) is 5.75 Å². The molecule has 1 aromatic carbocycles. The van der Waals surface area contributed by atoms with Crippen LogP contribution >= 0.6 is 0 Å². The van der Waals surface area contributed by atoms with Crippen molar-refractivity contribution in [1.29, 1.82) is 0 Å². The molecule has 4 heteroatoms. The molecule has 0 aliphatic rings. The van der Waals surface area contributed by atoms with Crippen molar-refractivity contribution in [3.8, 4) is 5.75 Å². The average molecular weight is 265 g/mol. The zero-order chi connectivity index (χ0) is 13.9. The van der Waals surface area contributed by atoms with E-state index in [-0.39, 0.29) is 6.10 Å². The van der Waals surface area contributed by atoms with E-state index in [0.717, 1.165) is 44.1 Å². The summed E-state index contributed by atoms with van der Waals surface area (Å²) >= 11 is 0. The van der Waals surface area contributed by atoms with Crippen molar-refractivity contribution in [2.75, 3.05) is 0 Å². The molecule has 1 rings (SSSR count). The van der Waals surface area contributed by atoms with Crippen LogP contribution in [0, 0.1) is 4.91 Å². The molecule has 0 fully saturated rings. The van der Waals surface area contributed by atoms with Gasteiger partial charge in [0.2, 0.25) is 0 Å². The normalized spacial score (nSPS) is 12.1. The Bertz CT molecular complexity index is 368. The molecule has 1 aromatic rings. The van der Waals surface area contributed by atoms with Gasteiger partial charge in [-0.1, -0.05) is 37.5 Å². The standard InChI is InChI=1S/C15H23NO3/c1-13(19-16-18)9-5-3-2-4-6-10-14-11-7-8-12-15(14)17/h7-8,11-13,17H,2-6,9-10H2,1H3. The van der Waals surface area contributed by atoms with E-state index < -0.39 is 0 Å². The highest BCUT2D eigenvalue weighted by molar-refractivity contribution is 5.31. The second kappa shape index (κ2) is 9.36. The highest BCUT2D eigenvalue weighted by Gasteiger charge is 2.02. The zero-order valence-corrected chi connectivity index (χ0v) is 11.5. The Hall–Kier alpha value is -1.58. The second-order valence-electron chi connectivity index (χ2n) is 4.93. The predicted molar refractivity (Wildman–Crippen MR) is 75.9 cm³/mol. The number of hydrogen-bond donors (Lipinski definition) is 1.